The number of halogens is 12. The van der Waals surface area contributed by atoms with Gasteiger partial charge in [-0.15, -0.1) is 0 Å². The van der Waals surface area contributed by atoms with Crippen LogP contribution in [0.15, 0.2) is 55.0 Å². The number of rotatable bonds is 18. The van der Waals surface area contributed by atoms with Gasteiger partial charge in [0.2, 0.25) is 76.6 Å². The van der Waals surface area contributed by atoms with Crippen LogP contribution in [0.3, 0.4) is 0 Å². The molecule has 0 aliphatic carbocycles. The van der Waals surface area contributed by atoms with Crippen LogP contribution in [0.4, 0.5) is 52.7 Å². The van der Waals surface area contributed by atoms with E-state index in [1.54, 1.807) is 41.5 Å². The van der Waals surface area contributed by atoms with E-state index in [0.717, 1.165) is 17.9 Å². The summed E-state index contributed by atoms with van der Waals surface area (Å²) in [6.45, 7) is 18.3. The Morgan fingerprint density at radius 3 is 1.05 bits per heavy atom. The molecule has 11 amide bonds. The normalized spacial score (nSPS) is 25.2. The lowest BCUT2D eigenvalue weighted by Crippen LogP contribution is -2.64. The van der Waals surface area contributed by atoms with Crippen molar-refractivity contribution >= 4 is 70.9 Å². The maximum absolute atomic E-state index is 14.6. The summed E-state index contributed by atoms with van der Waals surface area (Å²) in [7, 11) is 1.32. The quantitative estimate of drug-likeness (QED) is 0.0334. The number of likely N-dealkylation sites (N-methyl/N-ethyl adjacent to an activating group) is 1. The molecule has 6 aromatic heterocycles. The second-order valence-corrected chi connectivity index (χ2v) is 32.4. The lowest BCUT2D eigenvalue weighted by Gasteiger charge is -2.37. The number of aromatic hydroxyl groups is 3. The van der Waals surface area contributed by atoms with E-state index in [-0.39, 0.29) is 37.0 Å². The number of carbonyl (C=O) groups is 12. The van der Waals surface area contributed by atoms with E-state index in [0.29, 0.717) is 0 Å². The van der Waals surface area contributed by atoms with Crippen molar-refractivity contribution in [2.45, 2.75) is 212 Å². The number of nitrogens with one attached hydrogen (secondary N) is 10. The zero-order valence-electron chi connectivity index (χ0n) is 71.7. The molecule has 9 rings (SSSR count). The second-order valence-electron chi connectivity index (χ2n) is 32.4. The minimum Gasteiger partial charge on any atom is -0.505 e. The van der Waals surface area contributed by atoms with Crippen molar-refractivity contribution in [2.24, 2.45) is 35.5 Å². The first-order chi connectivity index (χ1) is 60.8. The SMILES string of the molecule is CC(C)CC1C(=O)N[C@H](C)[C@H](NC(=O)c2ncccc2O)C(=O)N[C@@H](Cc2c(F)nc(F)c(F)c2F)[C@@H](O)[C@@H](C)C(=O)N1C.CC(C)CC1NC(=O)[C@H](C)[C@H](O)[C@H](Cc2c(F)nc(F)c(F)c2F)NC(=O)[C@@H](NC(=O)c2ncccc2O)[C@@H](C)NC1=O.CC(C)CC1OC(=O)[C@H](C)[C@H](O)[C@H](Cc2c(F)nc(F)c(F)c2F)NC(=O)[C@@H](NC(=O)c2ncccc2O)[C@@H](C)NC1=O. The number of hydrogen-bond donors (Lipinski definition) is 16. The molecule has 3 aliphatic heterocycles. The second kappa shape index (κ2) is 45.3. The van der Waals surface area contributed by atoms with Crippen LogP contribution in [-0.4, -0.2) is 234 Å². The molecular formula is C82H97F12N17O19. The van der Waals surface area contributed by atoms with Gasteiger partial charge in [-0.3, -0.25) is 57.5 Å². The van der Waals surface area contributed by atoms with Gasteiger partial charge >= 0.3 is 5.97 Å². The number of ether oxygens (including phenoxy) is 1. The first kappa shape index (κ1) is 104. The van der Waals surface area contributed by atoms with Crippen molar-refractivity contribution in [3.8, 4) is 17.2 Å². The van der Waals surface area contributed by atoms with Crippen LogP contribution in [0.25, 0.3) is 0 Å². The van der Waals surface area contributed by atoms with E-state index < -0.39 is 320 Å². The van der Waals surface area contributed by atoms with Crippen molar-refractivity contribution < 1.29 is 146 Å². The fraction of sp³-hybridized carbons (Fsp3) is 0.488. The highest BCUT2D eigenvalue weighted by Gasteiger charge is 2.46. The first-order valence-electron chi connectivity index (χ1n) is 40.3. The summed E-state index contributed by atoms with van der Waals surface area (Å²) in [6, 6.07) is -8.54. The third kappa shape index (κ3) is 25.9. The van der Waals surface area contributed by atoms with Crippen LogP contribution in [0.1, 0.15) is 151 Å². The number of aromatic nitrogens is 6. The number of hydrogen-bond acceptors (Lipinski definition) is 25. The maximum atomic E-state index is 14.6. The average molecular weight is 1850 g/mol. The maximum Gasteiger partial charge on any atom is 0.312 e. The topological polar surface area (TPSA) is 536 Å². The molecule has 0 radical (unpaired) electrons. The molecule has 3 unspecified atom stereocenters. The van der Waals surface area contributed by atoms with Gasteiger partial charge in [0.05, 0.1) is 72.3 Å². The van der Waals surface area contributed by atoms with Gasteiger partial charge in [-0.05, 0) is 101 Å². The molecule has 3 aliphatic rings. The molecule has 3 saturated heterocycles. The third-order valence-corrected chi connectivity index (χ3v) is 21.2. The number of aliphatic hydroxyl groups is 3. The number of carbonyl (C=O) groups excluding carboxylic acids is 12. The highest BCUT2D eigenvalue weighted by atomic mass is 19.2. The van der Waals surface area contributed by atoms with Gasteiger partial charge in [0.15, 0.2) is 40.6 Å². The van der Waals surface area contributed by atoms with Crippen LogP contribution in [-0.2, 0) is 67.2 Å². The third-order valence-electron chi connectivity index (χ3n) is 21.2. The van der Waals surface area contributed by atoms with E-state index in [1.165, 1.54) is 90.6 Å². The fourth-order valence-electron chi connectivity index (χ4n) is 13.9. The minimum atomic E-state index is -2.11. The van der Waals surface area contributed by atoms with E-state index in [4.69, 9.17) is 4.74 Å². The predicted octanol–water partition coefficient (Wildman–Crippen LogP) is 2.60. The number of pyridine rings is 6. The summed E-state index contributed by atoms with van der Waals surface area (Å²) < 4.78 is 175. The van der Waals surface area contributed by atoms with Crippen molar-refractivity contribution in [1.82, 2.24) is 88.0 Å². The molecule has 0 spiro atoms. The Morgan fingerprint density at radius 1 is 0.400 bits per heavy atom. The average Bonchev–Trinajstić information content (AvgIpc) is 0.780. The molecule has 0 aromatic carbocycles. The molecule has 18 atom stereocenters. The van der Waals surface area contributed by atoms with Crippen LogP contribution in [0.5, 0.6) is 17.2 Å². The zero-order valence-corrected chi connectivity index (χ0v) is 71.7. The summed E-state index contributed by atoms with van der Waals surface area (Å²) in [5.74, 6) is -41.2. The van der Waals surface area contributed by atoms with Crippen molar-refractivity contribution in [2.75, 3.05) is 7.05 Å². The monoisotopic (exact) mass is 1850 g/mol. The van der Waals surface area contributed by atoms with E-state index in [2.05, 4.69) is 83.1 Å². The fourth-order valence-corrected chi connectivity index (χ4v) is 13.9. The predicted molar refractivity (Wildman–Crippen MR) is 426 cm³/mol. The van der Waals surface area contributed by atoms with Crippen LogP contribution in [0, 0.1) is 106 Å². The molecule has 36 nitrogen and oxygen atoms in total. The van der Waals surface area contributed by atoms with Gasteiger partial charge in [0.25, 0.3) is 41.5 Å². The van der Waals surface area contributed by atoms with Gasteiger partial charge in [-0.2, -0.15) is 54.5 Å². The number of cyclic esters (lactones) is 1. The lowest BCUT2D eigenvalue weighted by molar-refractivity contribution is -0.165. The number of nitrogens with zero attached hydrogens (tertiary/aromatic N) is 7. The molecule has 708 valence electrons. The Hall–Kier alpha value is -13.0. The number of amides is 11. The van der Waals surface area contributed by atoms with Gasteiger partial charge < -0.3 is 93.4 Å². The standard InChI is InChI=1S/C28H34F4N6O6.C27H32F4N6O6.C27H31F4N5O7/c1-11(2)9-16-25(41)34-13(4)20(36-27(43)21-17(39)7-6-8-33-21)26(42)35-15(22(40)12(3)28(44)38(16)5)10-14-18(29)19(30)24(32)37-23(14)31;1-10(2)8-15-25(41)33-12(4)19(36-27(43)20-16(38)6-5-7-32-20)26(42)34-14(21(39)11(3)24(40)35-15)9-13-17(28)18(29)23(31)37-22(13)30;1-10(2)8-16-24(39)33-12(4)19(35-26(41)20-15(37)6-5-7-32-20)25(40)34-14(21(38)11(3)27(42)43-16)9-13-17(28)18(29)23(31)36-22(13)30/h6-8,11-13,15-16,20,22,39-40H,9-10H2,1-5H3,(H,34,41)(H,35,42)(H,36,43);5-7,10-12,14-15,19,21,38-39H,8-9H2,1-4H3,(H,33,41)(H,34,42)(H,35,40)(H,36,43);5-7,10-12,14,16,19,21,37-38H,8-9H2,1-4H3,(H,33,39)(H,34,40)(H,35,41)/t12-,13-,15+,16?,20+,22+;11-,12-,14+,15?,19+,21+;11-,12-,14+,16?,19+,21+/m111/s1. The van der Waals surface area contributed by atoms with Gasteiger partial charge in [0.1, 0.15) is 47.5 Å². The Bertz CT molecular complexity index is 5000. The number of aliphatic hydroxyl groups excluding tert-OH is 3. The van der Waals surface area contributed by atoms with Crippen molar-refractivity contribution in [3.05, 3.63) is 159 Å². The zero-order chi connectivity index (χ0) is 97.4. The largest absolute Gasteiger partial charge is 0.505 e. The Labute approximate surface area is 733 Å². The van der Waals surface area contributed by atoms with Gasteiger partial charge in [-0.25, -0.2) is 28.1 Å². The van der Waals surface area contributed by atoms with Gasteiger partial charge in [0, 0.05) is 61.6 Å². The molecule has 9 heterocycles. The highest BCUT2D eigenvalue weighted by Crippen LogP contribution is 2.29. The van der Waals surface area contributed by atoms with Crippen molar-refractivity contribution in [3.63, 3.8) is 0 Å². The van der Waals surface area contributed by atoms with Crippen LogP contribution in [0.2, 0.25) is 0 Å². The summed E-state index contributed by atoms with van der Waals surface area (Å²) in [5.41, 5.74) is -4.79. The summed E-state index contributed by atoms with van der Waals surface area (Å²) in [6.07, 6.45) is -6.24. The molecule has 130 heavy (non-hydrogen) atoms. The Balaban J connectivity index is 0.000000267. The molecule has 0 saturated carbocycles. The molecule has 48 heteroatoms. The Morgan fingerprint density at radius 2 is 0.715 bits per heavy atom. The van der Waals surface area contributed by atoms with E-state index >= 15 is 0 Å². The highest BCUT2D eigenvalue weighted by molar-refractivity contribution is 6.01. The molecule has 6 aromatic rings. The minimum absolute atomic E-state index is 0.0263. The van der Waals surface area contributed by atoms with E-state index in [1.807, 2.05) is 0 Å². The smallest absolute Gasteiger partial charge is 0.312 e. The van der Waals surface area contributed by atoms with Crippen LogP contribution < -0.4 is 53.2 Å². The van der Waals surface area contributed by atoms with Crippen molar-refractivity contribution in [1.29, 1.82) is 0 Å². The summed E-state index contributed by atoms with van der Waals surface area (Å²) in [4.78, 5) is 179. The van der Waals surface area contributed by atoms with E-state index in [9.17, 15) is 141 Å². The van der Waals surface area contributed by atoms with Gasteiger partial charge in [-0.1, -0.05) is 55.4 Å². The number of esters is 1. The summed E-state index contributed by atoms with van der Waals surface area (Å²) >= 11 is 0. The molecule has 16 N–H and O–H groups in total. The molecule has 3 fully saturated rings. The molecule has 0 bridgehead atoms. The van der Waals surface area contributed by atoms with Crippen LogP contribution >= 0.6 is 0 Å². The first-order valence-corrected chi connectivity index (χ1v) is 40.3. The Kier molecular flexibility index (Phi) is 36.3. The molecular weight excluding hydrogens is 1750 g/mol. The lowest BCUT2D eigenvalue weighted by atomic mass is 9.90. The summed E-state index contributed by atoms with van der Waals surface area (Å²) in [5, 5.41) is 87.6.